The molecule has 1 aliphatic carbocycles. The molecule has 33 heavy (non-hydrogen) atoms. The number of rotatable bonds is 6. The zero-order valence-corrected chi connectivity index (χ0v) is 21.9. The van der Waals surface area contributed by atoms with E-state index in [1.54, 1.807) is 0 Å². The maximum Gasteiger partial charge on any atom is 0.173 e. The number of thiocarbonyl (C=S) groups is 1. The molecule has 4 rings (SSSR count). The predicted octanol–water partition coefficient (Wildman–Crippen LogP) is 7.59. The molecule has 0 aromatic heterocycles. The molecule has 0 bridgehead atoms. The van der Waals surface area contributed by atoms with Crippen molar-refractivity contribution in [2.24, 2.45) is 5.92 Å². The van der Waals surface area contributed by atoms with Gasteiger partial charge in [0, 0.05) is 42.1 Å². The van der Waals surface area contributed by atoms with E-state index in [0.29, 0.717) is 12.0 Å². The van der Waals surface area contributed by atoms with Crippen molar-refractivity contribution in [2.45, 2.75) is 78.3 Å². The molecule has 2 aromatic carbocycles. The number of hydrogen-bond donors (Lipinski definition) is 1. The Morgan fingerprint density at radius 1 is 1.15 bits per heavy atom. The molecule has 0 amide bonds. The minimum absolute atomic E-state index is 0.465. The minimum atomic E-state index is 0.465. The quantitative estimate of drug-likeness (QED) is 0.426. The van der Waals surface area contributed by atoms with E-state index in [0.717, 1.165) is 34.5 Å². The van der Waals surface area contributed by atoms with Crippen molar-refractivity contribution in [3.63, 3.8) is 0 Å². The first-order chi connectivity index (χ1) is 16.0. The Morgan fingerprint density at radius 3 is 2.73 bits per heavy atom. The summed E-state index contributed by atoms with van der Waals surface area (Å²) in [5.74, 6) is 0.637. The molecule has 1 aliphatic heterocycles. The Bertz CT molecular complexity index is 976. The fourth-order valence-electron chi connectivity index (χ4n) is 5.49. The van der Waals surface area contributed by atoms with Crippen molar-refractivity contribution in [1.29, 1.82) is 0 Å². The molecule has 2 aromatic rings. The standard InChI is InChI=1S/C28H38ClN3S/c1-4-15-31-16-7-9-23-17-22(12-14-27(23)31)19-32(26-10-6-5-8-21(26)3)28(33)30-24-13-11-20(2)25(29)18-24/h11-14,17-18,21,26H,4-10,15-16,19H2,1-3H3,(H,30,33)/t21-,26-/m0/s1. The highest BCUT2D eigenvalue weighted by atomic mass is 35.5. The van der Waals surface area contributed by atoms with Gasteiger partial charge in [-0.2, -0.15) is 0 Å². The number of anilines is 2. The van der Waals surface area contributed by atoms with Crippen molar-refractivity contribution in [1.82, 2.24) is 4.90 Å². The number of benzene rings is 2. The lowest BCUT2D eigenvalue weighted by Crippen LogP contribution is -2.46. The molecule has 5 heteroatoms. The zero-order valence-electron chi connectivity index (χ0n) is 20.4. The van der Waals surface area contributed by atoms with Crippen LogP contribution in [0.25, 0.3) is 0 Å². The number of nitrogens with zero attached hydrogens (tertiary/aromatic N) is 2. The van der Waals surface area contributed by atoms with Crippen molar-refractivity contribution < 1.29 is 0 Å². The predicted molar refractivity (Wildman–Crippen MR) is 147 cm³/mol. The Balaban J connectivity index is 1.57. The molecule has 0 unspecified atom stereocenters. The summed E-state index contributed by atoms with van der Waals surface area (Å²) >= 11 is 12.4. The normalized spacial score (nSPS) is 20.3. The first kappa shape index (κ1) is 24.3. The summed E-state index contributed by atoms with van der Waals surface area (Å²) in [7, 11) is 0. The third-order valence-corrected chi connectivity index (χ3v) is 8.10. The van der Waals surface area contributed by atoms with Crippen LogP contribution < -0.4 is 10.2 Å². The largest absolute Gasteiger partial charge is 0.371 e. The van der Waals surface area contributed by atoms with E-state index in [1.807, 2.05) is 19.1 Å². The van der Waals surface area contributed by atoms with Crippen LogP contribution in [-0.2, 0) is 13.0 Å². The van der Waals surface area contributed by atoms with Crippen LogP contribution in [0.5, 0.6) is 0 Å². The highest BCUT2D eigenvalue weighted by Crippen LogP contribution is 2.32. The first-order valence-electron chi connectivity index (χ1n) is 12.7. The van der Waals surface area contributed by atoms with Gasteiger partial charge in [-0.15, -0.1) is 0 Å². The van der Waals surface area contributed by atoms with E-state index in [2.05, 4.69) is 53.2 Å². The van der Waals surface area contributed by atoms with Gasteiger partial charge in [0.2, 0.25) is 0 Å². The molecule has 0 radical (unpaired) electrons. The number of fused-ring (bicyclic) bond motifs is 1. The van der Waals surface area contributed by atoms with Gasteiger partial charge in [-0.1, -0.05) is 56.5 Å². The van der Waals surface area contributed by atoms with Crippen LogP contribution in [0, 0.1) is 12.8 Å². The van der Waals surface area contributed by atoms with Crippen LogP contribution >= 0.6 is 23.8 Å². The van der Waals surface area contributed by atoms with E-state index in [4.69, 9.17) is 23.8 Å². The Labute approximate surface area is 210 Å². The van der Waals surface area contributed by atoms with E-state index in [-0.39, 0.29) is 0 Å². The van der Waals surface area contributed by atoms with Crippen LogP contribution in [0.15, 0.2) is 36.4 Å². The summed E-state index contributed by atoms with van der Waals surface area (Å²) < 4.78 is 0. The number of halogens is 1. The molecule has 1 heterocycles. The lowest BCUT2D eigenvalue weighted by Gasteiger charge is -2.40. The highest BCUT2D eigenvalue weighted by Gasteiger charge is 2.29. The summed E-state index contributed by atoms with van der Waals surface area (Å²) in [6, 6.07) is 13.7. The topological polar surface area (TPSA) is 18.5 Å². The third kappa shape index (κ3) is 5.84. The molecule has 1 saturated carbocycles. The van der Waals surface area contributed by atoms with Crippen LogP contribution in [0.1, 0.15) is 69.1 Å². The van der Waals surface area contributed by atoms with Gasteiger partial charge in [0.25, 0.3) is 0 Å². The molecule has 1 fully saturated rings. The lowest BCUT2D eigenvalue weighted by molar-refractivity contribution is 0.177. The molecular weight excluding hydrogens is 446 g/mol. The van der Waals surface area contributed by atoms with Crippen molar-refractivity contribution >= 4 is 40.3 Å². The molecular formula is C28H38ClN3S. The molecule has 0 saturated heterocycles. The number of nitrogens with one attached hydrogen (secondary N) is 1. The second kappa shape index (κ2) is 11.1. The Hall–Kier alpha value is -1.78. The second-order valence-electron chi connectivity index (χ2n) is 9.90. The van der Waals surface area contributed by atoms with E-state index in [1.165, 1.54) is 68.3 Å². The smallest absolute Gasteiger partial charge is 0.173 e. The Kier molecular flexibility index (Phi) is 8.19. The summed E-state index contributed by atoms with van der Waals surface area (Å²) in [5.41, 5.74) is 6.32. The van der Waals surface area contributed by atoms with Gasteiger partial charge < -0.3 is 15.1 Å². The van der Waals surface area contributed by atoms with Gasteiger partial charge in [-0.05, 0) is 92.1 Å². The summed E-state index contributed by atoms with van der Waals surface area (Å²) in [6.45, 7) is 9.85. The Morgan fingerprint density at radius 2 is 1.97 bits per heavy atom. The highest BCUT2D eigenvalue weighted by molar-refractivity contribution is 7.80. The van der Waals surface area contributed by atoms with Crippen LogP contribution in [0.2, 0.25) is 5.02 Å². The fourth-order valence-corrected chi connectivity index (χ4v) is 5.99. The minimum Gasteiger partial charge on any atom is -0.371 e. The van der Waals surface area contributed by atoms with Crippen molar-refractivity contribution in [3.8, 4) is 0 Å². The summed E-state index contributed by atoms with van der Waals surface area (Å²) in [5, 5.41) is 5.07. The number of hydrogen-bond acceptors (Lipinski definition) is 2. The molecule has 2 atom stereocenters. The van der Waals surface area contributed by atoms with E-state index >= 15 is 0 Å². The molecule has 0 spiro atoms. The molecule has 178 valence electrons. The van der Waals surface area contributed by atoms with Gasteiger partial charge in [-0.3, -0.25) is 0 Å². The molecule has 1 N–H and O–H groups in total. The van der Waals surface area contributed by atoms with Crippen LogP contribution in [0.3, 0.4) is 0 Å². The third-order valence-electron chi connectivity index (χ3n) is 7.36. The van der Waals surface area contributed by atoms with Gasteiger partial charge in [0.1, 0.15) is 0 Å². The molecule has 2 aliphatic rings. The van der Waals surface area contributed by atoms with Gasteiger partial charge in [0.05, 0.1) is 0 Å². The summed E-state index contributed by atoms with van der Waals surface area (Å²) in [6.07, 6.45) is 8.69. The summed E-state index contributed by atoms with van der Waals surface area (Å²) in [4.78, 5) is 5.00. The van der Waals surface area contributed by atoms with Crippen molar-refractivity contribution in [3.05, 3.63) is 58.1 Å². The molecule has 3 nitrogen and oxygen atoms in total. The maximum atomic E-state index is 6.38. The first-order valence-corrected chi connectivity index (χ1v) is 13.5. The average Bonchev–Trinajstić information content (AvgIpc) is 2.81. The van der Waals surface area contributed by atoms with Gasteiger partial charge in [0.15, 0.2) is 5.11 Å². The van der Waals surface area contributed by atoms with Gasteiger partial charge in [-0.25, -0.2) is 0 Å². The zero-order chi connectivity index (χ0) is 23.4. The van der Waals surface area contributed by atoms with E-state index < -0.39 is 0 Å². The fraction of sp³-hybridized carbons (Fsp3) is 0.536. The monoisotopic (exact) mass is 483 g/mol. The second-order valence-corrected chi connectivity index (χ2v) is 10.7. The van der Waals surface area contributed by atoms with E-state index in [9.17, 15) is 0 Å². The number of aryl methyl sites for hydroxylation is 2. The van der Waals surface area contributed by atoms with Crippen LogP contribution in [0.4, 0.5) is 11.4 Å². The van der Waals surface area contributed by atoms with Crippen LogP contribution in [-0.4, -0.2) is 29.1 Å². The maximum absolute atomic E-state index is 6.38. The average molecular weight is 484 g/mol. The lowest BCUT2D eigenvalue weighted by atomic mass is 9.84. The SMILES string of the molecule is CCCN1CCCc2cc(CN(C(=S)Nc3ccc(C)c(Cl)c3)[C@H]3CCCC[C@@H]3C)ccc21. The van der Waals surface area contributed by atoms with Gasteiger partial charge >= 0.3 is 0 Å². The van der Waals surface area contributed by atoms with Crippen molar-refractivity contribution in [2.75, 3.05) is 23.3 Å².